The highest BCUT2D eigenvalue weighted by Crippen LogP contribution is 2.22. The van der Waals surface area contributed by atoms with Gasteiger partial charge in [-0.15, -0.1) is 0 Å². The van der Waals surface area contributed by atoms with Crippen molar-refractivity contribution in [2.45, 2.75) is 6.92 Å². The largest absolute Gasteiger partial charge is 0.332 e. The minimum absolute atomic E-state index is 0.230. The van der Waals surface area contributed by atoms with Gasteiger partial charge in [0.25, 0.3) is 0 Å². The molecule has 0 saturated heterocycles. The molecule has 22 heavy (non-hydrogen) atoms. The molecule has 3 nitrogen and oxygen atoms in total. The maximum absolute atomic E-state index is 11.8. The summed E-state index contributed by atoms with van der Waals surface area (Å²) in [5.41, 5.74) is 2.59. The summed E-state index contributed by atoms with van der Waals surface area (Å²) >= 11 is 11.2. The highest BCUT2D eigenvalue weighted by molar-refractivity contribution is 7.80. The first-order valence-electron chi connectivity index (χ1n) is 6.66. The van der Waals surface area contributed by atoms with Crippen LogP contribution >= 0.6 is 23.8 Å². The van der Waals surface area contributed by atoms with E-state index in [1.165, 1.54) is 6.08 Å². The fourth-order valence-electron chi connectivity index (χ4n) is 1.79. The van der Waals surface area contributed by atoms with Gasteiger partial charge >= 0.3 is 0 Å². The second kappa shape index (κ2) is 7.73. The molecule has 0 bridgehead atoms. The number of amides is 1. The highest BCUT2D eigenvalue weighted by atomic mass is 35.5. The van der Waals surface area contributed by atoms with Gasteiger partial charge in [0.15, 0.2) is 5.11 Å². The van der Waals surface area contributed by atoms with Gasteiger partial charge < -0.3 is 5.32 Å². The summed E-state index contributed by atoms with van der Waals surface area (Å²) in [6, 6.07) is 15.0. The van der Waals surface area contributed by atoms with Crippen LogP contribution in [0, 0.1) is 6.92 Å². The van der Waals surface area contributed by atoms with Crippen molar-refractivity contribution < 1.29 is 4.79 Å². The Kier molecular flexibility index (Phi) is 5.69. The molecule has 1 amide bonds. The lowest BCUT2D eigenvalue weighted by atomic mass is 10.2. The van der Waals surface area contributed by atoms with Crippen LogP contribution in [0.2, 0.25) is 5.02 Å². The molecule has 0 aliphatic heterocycles. The van der Waals surface area contributed by atoms with Crippen LogP contribution < -0.4 is 10.6 Å². The molecule has 2 aromatic rings. The third-order valence-corrected chi connectivity index (χ3v) is 3.59. The van der Waals surface area contributed by atoms with Crippen molar-refractivity contribution in [2.75, 3.05) is 5.32 Å². The molecule has 0 spiro atoms. The van der Waals surface area contributed by atoms with Crippen molar-refractivity contribution in [2.24, 2.45) is 0 Å². The number of carbonyl (C=O) groups is 1. The first-order valence-corrected chi connectivity index (χ1v) is 7.45. The van der Waals surface area contributed by atoms with Crippen molar-refractivity contribution in [3.63, 3.8) is 0 Å². The van der Waals surface area contributed by atoms with Crippen LogP contribution in [-0.4, -0.2) is 11.0 Å². The molecule has 0 aliphatic rings. The third kappa shape index (κ3) is 4.69. The van der Waals surface area contributed by atoms with Crippen LogP contribution in [0.1, 0.15) is 11.1 Å². The van der Waals surface area contributed by atoms with Crippen LogP contribution in [0.4, 0.5) is 5.69 Å². The predicted molar refractivity (Wildman–Crippen MR) is 96.0 cm³/mol. The number of halogens is 1. The minimum atomic E-state index is -0.291. The molecule has 0 fully saturated rings. The van der Waals surface area contributed by atoms with Crippen molar-refractivity contribution in [1.82, 2.24) is 5.32 Å². The van der Waals surface area contributed by atoms with Crippen molar-refractivity contribution >= 4 is 46.6 Å². The van der Waals surface area contributed by atoms with E-state index in [0.717, 1.165) is 16.8 Å². The van der Waals surface area contributed by atoms with Gasteiger partial charge in [0.2, 0.25) is 5.91 Å². The van der Waals surface area contributed by atoms with Crippen LogP contribution in [0.3, 0.4) is 0 Å². The molecule has 112 valence electrons. The zero-order valence-electron chi connectivity index (χ0n) is 12.0. The second-order valence-electron chi connectivity index (χ2n) is 4.60. The topological polar surface area (TPSA) is 41.1 Å². The van der Waals surface area contributed by atoms with E-state index in [1.54, 1.807) is 12.1 Å². The van der Waals surface area contributed by atoms with E-state index in [1.807, 2.05) is 49.4 Å². The Morgan fingerprint density at radius 1 is 1.14 bits per heavy atom. The normalized spacial score (nSPS) is 10.5. The molecule has 0 unspecified atom stereocenters. The molecule has 0 heterocycles. The van der Waals surface area contributed by atoms with E-state index in [4.69, 9.17) is 23.8 Å². The lowest BCUT2D eigenvalue weighted by molar-refractivity contribution is -0.115. The molecule has 0 aromatic heterocycles. The number of rotatable bonds is 3. The quantitative estimate of drug-likeness (QED) is 0.655. The summed E-state index contributed by atoms with van der Waals surface area (Å²) in [4.78, 5) is 11.8. The Balaban J connectivity index is 1.93. The third-order valence-electron chi connectivity index (χ3n) is 2.98. The maximum Gasteiger partial charge on any atom is 0.250 e. The maximum atomic E-state index is 11.8. The smallest absolute Gasteiger partial charge is 0.250 e. The number of hydrogen-bond acceptors (Lipinski definition) is 2. The Morgan fingerprint density at radius 2 is 1.86 bits per heavy atom. The molecular formula is C17H15ClN2OS. The molecule has 0 radical (unpaired) electrons. The van der Waals surface area contributed by atoms with Crippen LogP contribution in [0.15, 0.2) is 54.6 Å². The Bertz CT molecular complexity index is 714. The average Bonchev–Trinajstić information content (AvgIpc) is 2.51. The monoisotopic (exact) mass is 330 g/mol. The van der Waals surface area contributed by atoms with E-state index in [-0.39, 0.29) is 11.0 Å². The van der Waals surface area contributed by atoms with E-state index < -0.39 is 0 Å². The summed E-state index contributed by atoms with van der Waals surface area (Å²) in [5, 5.41) is 6.43. The van der Waals surface area contributed by atoms with Crippen molar-refractivity contribution in [3.8, 4) is 0 Å². The van der Waals surface area contributed by atoms with E-state index in [2.05, 4.69) is 10.6 Å². The van der Waals surface area contributed by atoms with Gasteiger partial charge in [-0.3, -0.25) is 10.1 Å². The fourth-order valence-corrected chi connectivity index (χ4v) is 2.17. The Hall–Kier alpha value is -2.17. The Labute approximate surface area is 140 Å². The van der Waals surface area contributed by atoms with Gasteiger partial charge in [-0.1, -0.05) is 48.0 Å². The standard InChI is InChI=1S/C17H15ClN2OS/c1-12-14(18)8-5-9-15(12)19-17(22)20-16(21)11-10-13-6-3-2-4-7-13/h2-11H,1H3,(H2,19,20,21,22). The zero-order valence-corrected chi connectivity index (χ0v) is 13.5. The van der Waals surface area contributed by atoms with E-state index in [9.17, 15) is 4.79 Å². The van der Waals surface area contributed by atoms with Crippen molar-refractivity contribution in [3.05, 3.63) is 70.8 Å². The molecule has 2 aromatic carbocycles. The van der Waals surface area contributed by atoms with Crippen LogP contribution in [0.5, 0.6) is 0 Å². The number of nitrogens with one attached hydrogen (secondary N) is 2. The first kappa shape index (κ1) is 16.2. The summed E-state index contributed by atoms with van der Waals surface area (Å²) in [5.74, 6) is -0.291. The number of benzene rings is 2. The number of hydrogen-bond donors (Lipinski definition) is 2. The SMILES string of the molecule is Cc1c(Cl)cccc1NC(=S)NC(=O)C=Cc1ccccc1. The van der Waals surface area contributed by atoms with Crippen molar-refractivity contribution in [1.29, 1.82) is 0 Å². The van der Waals surface area contributed by atoms with Gasteiger partial charge in [-0.2, -0.15) is 0 Å². The lowest BCUT2D eigenvalue weighted by Gasteiger charge is -2.11. The molecular weight excluding hydrogens is 316 g/mol. The summed E-state index contributed by atoms with van der Waals surface area (Å²) < 4.78 is 0. The van der Waals surface area contributed by atoms with E-state index >= 15 is 0 Å². The van der Waals surface area contributed by atoms with Crippen LogP contribution in [-0.2, 0) is 4.79 Å². The molecule has 2 N–H and O–H groups in total. The summed E-state index contributed by atoms with van der Waals surface area (Å²) in [6.07, 6.45) is 3.16. The average molecular weight is 331 g/mol. The predicted octanol–water partition coefficient (Wildman–Crippen LogP) is 4.17. The Morgan fingerprint density at radius 3 is 2.59 bits per heavy atom. The fraction of sp³-hybridized carbons (Fsp3) is 0.0588. The van der Waals surface area contributed by atoms with E-state index in [0.29, 0.717) is 5.02 Å². The van der Waals surface area contributed by atoms with Gasteiger partial charge in [-0.05, 0) is 48.5 Å². The number of carbonyl (C=O) groups excluding carboxylic acids is 1. The molecule has 0 saturated carbocycles. The minimum Gasteiger partial charge on any atom is -0.332 e. The van der Waals surface area contributed by atoms with Gasteiger partial charge in [0, 0.05) is 16.8 Å². The summed E-state index contributed by atoms with van der Waals surface area (Å²) in [6.45, 7) is 1.88. The first-order chi connectivity index (χ1) is 10.6. The van der Waals surface area contributed by atoms with Gasteiger partial charge in [0.05, 0.1) is 0 Å². The molecule has 2 rings (SSSR count). The number of anilines is 1. The van der Waals surface area contributed by atoms with Crippen LogP contribution in [0.25, 0.3) is 6.08 Å². The second-order valence-corrected chi connectivity index (χ2v) is 5.42. The van der Waals surface area contributed by atoms with Gasteiger partial charge in [0.1, 0.15) is 0 Å². The summed E-state index contributed by atoms with van der Waals surface area (Å²) in [7, 11) is 0. The molecule has 0 aliphatic carbocycles. The zero-order chi connectivity index (χ0) is 15.9. The van der Waals surface area contributed by atoms with Gasteiger partial charge in [-0.25, -0.2) is 0 Å². The molecule has 0 atom stereocenters. The highest BCUT2D eigenvalue weighted by Gasteiger charge is 2.05. The number of thiocarbonyl (C=S) groups is 1. The molecule has 5 heteroatoms. The lowest BCUT2D eigenvalue weighted by Crippen LogP contribution is -2.33.